The molecule has 25 heavy (non-hydrogen) atoms. The van der Waals surface area contributed by atoms with Crippen LogP contribution in [-0.4, -0.2) is 18.9 Å². The number of benzene rings is 2. The van der Waals surface area contributed by atoms with Gasteiger partial charge in [-0.2, -0.15) is 0 Å². The Morgan fingerprint density at radius 2 is 1.84 bits per heavy atom. The first-order valence-electron chi connectivity index (χ1n) is 7.61. The van der Waals surface area contributed by atoms with Crippen LogP contribution in [0.2, 0.25) is 0 Å². The molecule has 0 saturated carbocycles. The van der Waals surface area contributed by atoms with Gasteiger partial charge in [-0.1, -0.05) is 40.2 Å². The van der Waals surface area contributed by atoms with Gasteiger partial charge in [0.2, 0.25) is 11.8 Å². The number of amides is 2. The zero-order chi connectivity index (χ0) is 18.4. The predicted molar refractivity (Wildman–Crippen MR) is 93.8 cm³/mol. The molecule has 2 N–H and O–H groups in total. The minimum atomic E-state index is -1.09. The summed E-state index contributed by atoms with van der Waals surface area (Å²) in [5.74, 6) is -2.97. The molecule has 0 bridgehead atoms. The van der Waals surface area contributed by atoms with Gasteiger partial charge < -0.3 is 10.6 Å². The van der Waals surface area contributed by atoms with Crippen LogP contribution in [-0.2, 0) is 16.0 Å². The Balaban J connectivity index is 2.08. The minimum absolute atomic E-state index is 0.153. The molecule has 2 aromatic carbocycles. The molecule has 7 heteroatoms. The van der Waals surface area contributed by atoms with Crippen LogP contribution in [0.25, 0.3) is 0 Å². The molecule has 2 aromatic rings. The van der Waals surface area contributed by atoms with Crippen molar-refractivity contribution in [3.63, 3.8) is 0 Å². The number of likely N-dealkylation sites (N-methyl/N-ethyl adjacent to an activating group) is 1. The molecule has 0 aliphatic heterocycles. The second-order valence-corrected chi connectivity index (χ2v) is 6.23. The summed E-state index contributed by atoms with van der Waals surface area (Å²) in [5, 5.41) is 4.97. The van der Waals surface area contributed by atoms with E-state index in [4.69, 9.17) is 0 Å². The summed E-state index contributed by atoms with van der Waals surface area (Å²) in [6.45, 7) is 0. The highest BCUT2D eigenvalue weighted by atomic mass is 79.9. The van der Waals surface area contributed by atoms with Gasteiger partial charge in [-0.05, 0) is 35.7 Å². The van der Waals surface area contributed by atoms with Crippen molar-refractivity contribution in [1.82, 2.24) is 10.6 Å². The van der Waals surface area contributed by atoms with E-state index in [9.17, 15) is 18.4 Å². The van der Waals surface area contributed by atoms with Gasteiger partial charge in [0.1, 0.15) is 6.04 Å². The van der Waals surface area contributed by atoms with Crippen LogP contribution in [0.4, 0.5) is 8.78 Å². The van der Waals surface area contributed by atoms with Gasteiger partial charge in [0.15, 0.2) is 11.6 Å². The molecule has 4 nitrogen and oxygen atoms in total. The Morgan fingerprint density at radius 3 is 2.48 bits per heavy atom. The Labute approximate surface area is 152 Å². The minimum Gasteiger partial charge on any atom is -0.357 e. The molecule has 0 spiro atoms. The summed E-state index contributed by atoms with van der Waals surface area (Å²) in [6, 6.07) is 9.52. The average molecular weight is 411 g/mol. The van der Waals surface area contributed by atoms with Gasteiger partial charge in [0.05, 0.1) is 0 Å². The number of halogens is 3. The molecule has 0 radical (unpaired) electrons. The molecular weight excluding hydrogens is 394 g/mol. The van der Waals surface area contributed by atoms with Gasteiger partial charge >= 0.3 is 0 Å². The van der Waals surface area contributed by atoms with E-state index in [2.05, 4.69) is 26.6 Å². The molecule has 0 aromatic heterocycles. The lowest BCUT2D eigenvalue weighted by atomic mass is 10.0. The molecule has 1 unspecified atom stereocenters. The fraction of sp³-hybridized carbons (Fsp3) is 0.222. The van der Waals surface area contributed by atoms with E-state index in [1.165, 1.54) is 13.1 Å². The number of nitrogens with one attached hydrogen (secondary N) is 2. The molecule has 132 valence electrons. The van der Waals surface area contributed by atoms with Crippen LogP contribution in [0.3, 0.4) is 0 Å². The van der Waals surface area contributed by atoms with Crippen LogP contribution in [0.15, 0.2) is 46.9 Å². The van der Waals surface area contributed by atoms with Crippen molar-refractivity contribution in [2.75, 3.05) is 7.05 Å². The lowest BCUT2D eigenvalue weighted by molar-refractivity contribution is -0.128. The summed E-state index contributed by atoms with van der Waals surface area (Å²) >= 11 is 3.41. The number of carbonyl (C=O) groups excluding carboxylic acids is 2. The predicted octanol–water partition coefficient (Wildman–Crippen LogP) is 3.26. The van der Waals surface area contributed by atoms with Gasteiger partial charge in [0.25, 0.3) is 0 Å². The van der Waals surface area contributed by atoms with Crippen molar-refractivity contribution < 1.29 is 18.4 Å². The third-order valence-electron chi connectivity index (χ3n) is 3.67. The van der Waals surface area contributed by atoms with E-state index in [-0.39, 0.29) is 17.9 Å². The monoisotopic (exact) mass is 410 g/mol. The summed E-state index contributed by atoms with van der Waals surface area (Å²) in [4.78, 5) is 24.2. The van der Waals surface area contributed by atoms with Gasteiger partial charge in [-0.15, -0.1) is 0 Å². The Bertz CT molecular complexity index is 783. The molecule has 0 aliphatic carbocycles. The normalized spacial score (nSPS) is 11.7. The molecule has 1 atom stereocenters. The maximum atomic E-state index is 13.4. The fourth-order valence-electron chi connectivity index (χ4n) is 2.32. The summed E-state index contributed by atoms with van der Waals surface area (Å²) in [5.41, 5.74) is 1.13. The average Bonchev–Trinajstić information content (AvgIpc) is 2.61. The van der Waals surface area contributed by atoms with E-state index in [1.807, 2.05) is 24.3 Å². The van der Waals surface area contributed by atoms with Crippen LogP contribution in [0.1, 0.15) is 23.6 Å². The number of carbonyl (C=O) groups is 2. The summed E-state index contributed by atoms with van der Waals surface area (Å²) in [7, 11) is 1.41. The molecule has 0 saturated heterocycles. The third kappa shape index (κ3) is 5.09. The summed E-state index contributed by atoms with van der Waals surface area (Å²) < 4.78 is 27.4. The molecule has 2 rings (SSSR count). The third-order valence-corrected chi connectivity index (χ3v) is 4.44. The molecule has 0 aliphatic rings. The highest BCUT2D eigenvalue weighted by Gasteiger charge is 2.23. The lowest BCUT2D eigenvalue weighted by Gasteiger charge is -2.18. The van der Waals surface area contributed by atoms with Crippen molar-refractivity contribution in [1.29, 1.82) is 0 Å². The zero-order valence-electron chi connectivity index (χ0n) is 13.5. The Morgan fingerprint density at radius 1 is 1.12 bits per heavy atom. The second-order valence-electron chi connectivity index (χ2n) is 5.38. The van der Waals surface area contributed by atoms with Crippen LogP contribution in [0, 0.1) is 11.6 Å². The Hall–Kier alpha value is -2.28. The number of aryl methyl sites for hydroxylation is 1. The highest BCUT2D eigenvalue weighted by Crippen LogP contribution is 2.19. The van der Waals surface area contributed by atoms with Crippen molar-refractivity contribution in [3.05, 3.63) is 69.7 Å². The maximum Gasteiger partial charge on any atom is 0.246 e. The van der Waals surface area contributed by atoms with E-state index in [0.717, 1.165) is 22.2 Å². The van der Waals surface area contributed by atoms with E-state index >= 15 is 0 Å². The van der Waals surface area contributed by atoms with Crippen LogP contribution >= 0.6 is 15.9 Å². The molecule has 0 heterocycles. The van der Waals surface area contributed by atoms with E-state index < -0.39 is 23.6 Å². The van der Waals surface area contributed by atoms with Crippen molar-refractivity contribution >= 4 is 27.7 Å². The maximum absolute atomic E-state index is 13.4. The Kier molecular flexibility index (Phi) is 6.64. The van der Waals surface area contributed by atoms with Crippen LogP contribution < -0.4 is 10.6 Å². The quantitative estimate of drug-likeness (QED) is 0.767. The van der Waals surface area contributed by atoms with Gasteiger partial charge in [0, 0.05) is 17.9 Å². The molecular formula is C18H17BrF2N2O2. The first kappa shape index (κ1) is 19.1. The van der Waals surface area contributed by atoms with Crippen molar-refractivity contribution in [3.8, 4) is 0 Å². The van der Waals surface area contributed by atoms with Crippen LogP contribution in [0.5, 0.6) is 0 Å². The number of hydrogen-bond acceptors (Lipinski definition) is 2. The van der Waals surface area contributed by atoms with Crippen molar-refractivity contribution in [2.24, 2.45) is 0 Å². The molecule has 0 fully saturated rings. The highest BCUT2D eigenvalue weighted by molar-refractivity contribution is 9.10. The largest absolute Gasteiger partial charge is 0.357 e. The fourth-order valence-corrected chi connectivity index (χ4v) is 2.80. The first-order chi connectivity index (χ1) is 11.9. The van der Waals surface area contributed by atoms with E-state index in [0.29, 0.717) is 6.42 Å². The molecule has 2 amide bonds. The lowest BCUT2D eigenvalue weighted by Crippen LogP contribution is -2.39. The summed E-state index contributed by atoms with van der Waals surface area (Å²) in [6.07, 6.45) is 0.630. The van der Waals surface area contributed by atoms with Gasteiger partial charge in [-0.3, -0.25) is 9.59 Å². The standard InChI is InChI=1S/C18H17BrF2N2O2/c1-22-18(25)17(12-6-8-14(20)15(21)10-12)23-16(24)9-7-11-4-2-3-5-13(11)19/h2-6,8,10,17H,7,9H2,1H3,(H,22,25)(H,23,24). The van der Waals surface area contributed by atoms with Gasteiger partial charge in [-0.25, -0.2) is 8.78 Å². The number of rotatable bonds is 6. The smallest absolute Gasteiger partial charge is 0.246 e. The SMILES string of the molecule is CNC(=O)C(NC(=O)CCc1ccccc1Br)c1ccc(F)c(F)c1. The second kappa shape index (κ2) is 8.71. The first-order valence-corrected chi connectivity index (χ1v) is 8.41. The zero-order valence-corrected chi connectivity index (χ0v) is 15.1. The number of hydrogen-bond donors (Lipinski definition) is 2. The van der Waals surface area contributed by atoms with E-state index in [1.54, 1.807) is 0 Å². The topological polar surface area (TPSA) is 58.2 Å². The van der Waals surface area contributed by atoms with Crippen molar-refractivity contribution in [2.45, 2.75) is 18.9 Å².